The largest absolute Gasteiger partial charge is 0.481 e. The van der Waals surface area contributed by atoms with Crippen molar-refractivity contribution in [3.8, 4) is 5.88 Å². The van der Waals surface area contributed by atoms with Gasteiger partial charge in [-0.15, -0.1) is 11.3 Å². The van der Waals surface area contributed by atoms with E-state index in [4.69, 9.17) is 30.8 Å². The van der Waals surface area contributed by atoms with Crippen molar-refractivity contribution in [3.05, 3.63) is 74.0 Å². The van der Waals surface area contributed by atoms with Crippen LogP contribution in [0.2, 0.25) is 5.02 Å². The van der Waals surface area contributed by atoms with E-state index < -0.39 is 34.6 Å². The van der Waals surface area contributed by atoms with E-state index in [0.29, 0.717) is 48.4 Å². The molecule has 1 N–H and O–H groups in total. The average Bonchev–Trinajstić information content (AvgIpc) is 3.58. The van der Waals surface area contributed by atoms with Gasteiger partial charge in [0.1, 0.15) is 6.04 Å². The smallest absolute Gasteiger partial charge is 0.357 e. The SMILES string of the molecule is CCOC(=O)C1=C(C2CCN(c3nc(OC)cc(C(=O)OC)n3)CC2)NC(c2nccs2)=NC1c1ccc(F)c(F)c1Cl. The molecular formula is C28H27ClF2N6O5S. The Hall–Kier alpha value is -4.17. The Bertz CT molecular complexity index is 1590. The van der Waals surface area contributed by atoms with Gasteiger partial charge in [-0.25, -0.2) is 28.3 Å². The van der Waals surface area contributed by atoms with Crippen LogP contribution < -0.4 is 15.0 Å². The minimum atomic E-state index is -1.23. The zero-order valence-corrected chi connectivity index (χ0v) is 25.0. The van der Waals surface area contributed by atoms with Gasteiger partial charge in [0.2, 0.25) is 11.8 Å². The van der Waals surface area contributed by atoms with Crippen molar-refractivity contribution >= 4 is 46.7 Å². The van der Waals surface area contributed by atoms with Gasteiger partial charge in [-0.2, -0.15) is 4.98 Å². The zero-order chi connectivity index (χ0) is 30.7. The van der Waals surface area contributed by atoms with Crippen LogP contribution in [0.5, 0.6) is 5.88 Å². The lowest BCUT2D eigenvalue weighted by Gasteiger charge is -2.36. The van der Waals surface area contributed by atoms with E-state index in [-0.39, 0.29) is 35.2 Å². The molecule has 5 rings (SSSR count). The minimum Gasteiger partial charge on any atom is -0.481 e. The van der Waals surface area contributed by atoms with Gasteiger partial charge < -0.3 is 24.4 Å². The number of nitrogens with one attached hydrogen (secondary N) is 1. The van der Waals surface area contributed by atoms with Crippen LogP contribution in [-0.4, -0.2) is 66.6 Å². The lowest BCUT2D eigenvalue weighted by Crippen LogP contribution is -2.42. The van der Waals surface area contributed by atoms with Gasteiger partial charge in [-0.1, -0.05) is 17.7 Å². The van der Waals surface area contributed by atoms with Crippen LogP contribution in [0.3, 0.4) is 0 Å². The maximum atomic E-state index is 14.6. The maximum absolute atomic E-state index is 14.6. The summed E-state index contributed by atoms with van der Waals surface area (Å²) in [7, 11) is 2.70. The Morgan fingerprint density at radius 2 is 1.93 bits per heavy atom. The molecule has 0 bridgehead atoms. The molecule has 1 unspecified atom stereocenters. The number of hydrogen-bond donors (Lipinski definition) is 1. The lowest BCUT2D eigenvalue weighted by molar-refractivity contribution is -0.139. The average molecular weight is 633 g/mol. The summed E-state index contributed by atoms with van der Waals surface area (Å²) in [4.78, 5) is 45.3. The molecule has 0 spiro atoms. The van der Waals surface area contributed by atoms with Crippen molar-refractivity contribution in [2.75, 3.05) is 38.8 Å². The maximum Gasteiger partial charge on any atom is 0.357 e. The van der Waals surface area contributed by atoms with Crippen molar-refractivity contribution in [3.63, 3.8) is 0 Å². The number of rotatable bonds is 8. The second kappa shape index (κ2) is 13.0. The number of aromatic nitrogens is 3. The van der Waals surface area contributed by atoms with Crippen molar-refractivity contribution in [2.45, 2.75) is 25.8 Å². The predicted octanol–water partition coefficient (Wildman–Crippen LogP) is 4.48. The lowest BCUT2D eigenvalue weighted by atomic mass is 9.85. The number of aliphatic imine (C=N–C) groups is 1. The highest BCUT2D eigenvalue weighted by atomic mass is 35.5. The van der Waals surface area contributed by atoms with Crippen molar-refractivity contribution in [2.24, 2.45) is 10.9 Å². The van der Waals surface area contributed by atoms with Gasteiger partial charge in [-0.3, -0.25) is 4.99 Å². The number of nitrogens with zero attached hydrogens (tertiary/aromatic N) is 5. The number of methoxy groups -OCH3 is 2. The van der Waals surface area contributed by atoms with Gasteiger partial charge in [0.25, 0.3) is 0 Å². The van der Waals surface area contributed by atoms with Gasteiger partial charge in [-0.05, 0) is 25.8 Å². The van der Waals surface area contributed by atoms with E-state index >= 15 is 0 Å². The van der Waals surface area contributed by atoms with Crippen LogP contribution in [0.25, 0.3) is 0 Å². The van der Waals surface area contributed by atoms with Gasteiger partial charge in [0.15, 0.2) is 28.2 Å². The molecule has 0 amide bonds. The van der Waals surface area contributed by atoms with E-state index in [0.717, 1.165) is 6.07 Å². The molecular weight excluding hydrogens is 606 g/mol. The molecule has 0 saturated carbocycles. The number of esters is 2. The number of carbonyl (C=O) groups is 2. The highest BCUT2D eigenvalue weighted by molar-refractivity contribution is 7.11. The molecule has 226 valence electrons. The summed E-state index contributed by atoms with van der Waals surface area (Å²) in [6, 6.07) is 2.58. The Balaban J connectivity index is 1.53. The Labute approximate surface area is 254 Å². The summed E-state index contributed by atoms with van der Waals surface area (Å²) < 4.78 is 44.1. The molecule has 15 heteroatoms. The first-order valence-electron chi connectivity index (χ1n) is 13.3. The van der Waals surface area contributed by atoms with Gasteiger partial charge >= 0.3 is 11.9 Å². The molecule has 2 aliphatic rings. The number of halogens is 3. The molecule has 43 heavy (non-hydrogen) atoms. The summed E-state index contributed by atoms with van der Waals surface area (Å²) in [5.74, 6) is -2.95. The standard InChI is InChI=1S/C28H27ClF2N6O5S/c1-4-42-27(39)19-22(14-7-10-37(11-8-14)28-33-17(26(38)41-3)13-18(34-28)40-2)35-24(25-32-9-12-43-25)36-23(19)15-5-6-16(30)21(31)20(15)29/h5-6,9,12-14,23H,4,7-8,10-11H2,1-3H3,(H,35,36). The quantitative estimate of drug-likeness (QED) is 0.280. The normalized spacial score (nSPS) is 17.3. The Morgan fingerprint density at radius 3 is 2.58 bits per heavy atom. The fourth-order valence-electron chi connectivity index (χ4n) is 4.98. The topological polar surface area (TPSA) is 128 Å². The number of benzene rings is 1. The monoisotopic (exact) mass is 632 g/mol. The molecule has 0 aliphatic carbocycles. The molecule has 2 aromatic heterocycles. The third-order valence-corrected chi connectivity index (χ3v) is 8.21. The number of carbonyl (C=O) groups excluding carboxylic acids is 2. The summed E-state index contributed by atoms with van der Waals surface area (Å²) >= 11 is 7.61. The van der Waals surface area contributed by atoms with Crippen LogP contribution in [0.15, 0.2) is 46.0 Å². The van der Waals surface area contributed by atoms with Crippen molar-refractivity contribution in [1.29, 1.82) is 0 Å². The second-order valence-electron chi connectivity index (χ2n) is 9.50. The predicted molar refractivity (Wildman–Crippen MR) is 154 cm³/mol. The summed E-state index contributed by atoms with van der Waals surface area (Å²) in [5.41, 5.74) is 0.863. The highest BCUT2D eigenvalue weighted by Crippen LogP contribution is 2.41. The van der Waals surface area contributed by atoms with Crippen LogP contribution >= 0.6 is 22.9 Å². The van der Waals surface area contributed by atoms with Crippen LogP contribution in [0.4, 0.5) is 14.7 Å². The van der Waals surface area contributed by atoms with Crippen LogP contribution in [0, 0.1) is 17.6 Å². The van der Waals surface area contributed by atoms with Crippen LogP contribution in [-0.2, 0) is 14.3 Å². The molecule has 1 saturated heterocycles. The molecule has 3 aromatic rings. The van der Waals surface area contributed by atoms with E-state index in [1.54, 1.807) is 18.5 Å². The van der Waals surface area contributed by atoms with E-state index in [1.807, 2.05) is 4.90 Å². The van der Waals surface area contributed by atoms with Gasteiger partial charge in [0.05, 0.1) is 31.4 Å². The van der Waals surface area contributed by atoms with Crippen molar-refractivity contribution < 1.29 is 32.6 Å². The highest BCUT2D eigenvalue weighted by Gasteiger charge is 2.38. The molecule has 1 atom stereocenters. The minimum absolute atomic E-state index is 0.0586. The Kier molecular flexibility index (Phi) is 9.16. The first-order chi connectivity index (χ1) is 20.7. The summed E-state index contributed by atoms with van der Waals surface area (Å²) in [5, 5.41) is 5.15. The van der Waals surface area contributed by atoms with Crippen molar-refractivity contribution in [1.82, 2.24) is 20.3 Å². The number of amidine groups is 1. The van der Waals surface area contributed by atoms with Crippen LogP contribution in [0.1, 0.15) is 46.9 Å². The fraction of sp³-hybridized carbons (Fsp3) is 0.357. The fourth-order valence-corrected chi connectivity index (χ4v) is 5.83. The molecule has 4 heterocycles. The van der Waals surface area contributed by atoms with E-state index in [1.165, 1.54) is 37.7 Å². The van der Waals surface area contributed by atoms with E-state index in [2.05, 4.69) is 20.3 Å². The first-order valence-corrected chi connectivity index (χ1v) is 14.6. The molecule has 1 aromatic carbocycles. The first kappa shape index (κ1) is 30.3. The van der Waals surface area contributed by atoms with Gasteiger partial charge in [0, 0.05) is 47.9 Å². The molecule has 1 fully saturated rings. The molecule has 2 aliphatic heterocycles. The summed E-state index contributed by atoms with van der Waals surface area (Å²) in [6.07, 6.45) is 2.68. The third kappa shape index (κ3) is 6.15. The van der Waals surface area contributed by atoms with E-state index in [9.17, 15) is 18.4 Å². The number of ether oxygens (including phenoxy) is 3. The third-order valence-electron chi connectivity index (χ3n) is 7.05. The number of piperidine rings is 1. The summed E-state index contributed by atoms with van der Waals surface area (Å²) in [6.45, 7) is 2.68. The molecule has 11 nitrogen and oxygen atoms in total. The number of allylic oxidation sites excluding steroid dienone is 1. The number of anilines is 1. The zero-order valence-electron chi connectivity index (χ0n) is 23.4. The second-order valence-corrected chi connectivity index (χ2v) is 10.8. The number of thiazole rings is 1. The Morgan fingerprint density at radius 1 is 1.16 bits per heavy atom. The molecule has 0 radical (unpaired) electrons. The number of hydrogen-bond acceptors (Lipinski definition) is 12.